The monoisotopic (exact) mass is 295 g/mol. The van der Waals surface area contributed by atoms with Crippen molar-refractivity contribution in [2.24, 2.45) is 5.84 Å². The standard InChI is InChI=1S/C13H14ClN3O3/c14-9-5-3-4-8-11(9)17(13(20)12(8)19)7-2-1-6-10(18)16-15/h3-5H,1-2,6-7,15H2,(H,16,18). The van der Waals surface area contributed by atoms with Gasteiger partial charge < -0.3 is 4.90 Å². The van der Waals surface area contributed by atoms with Gasteiger partial charge in [0.15, 0.2) is 0 Å². The predicted octanol–water partition coefficient (Wildman–Crippen LogP) is 1.03. The zero-order valence-corrected chi connectivity index (χ0v) is 11.4. The molecule has 1 aliphatic rings. The number of carbonyl (C=O) groups is 3. The Morgan fingerprint density at radius 2 is 2.05 bits per heavy atom. The Morgan fingerprint density at radius 1 is 1.30 bits per heavy atom. The van der Waals surface area contributed by atoms with Crippen LogP contribution >= 0.6 is 11.6 Å². The molecule has 0 radical (unpaired) electrons. The number of fused-ring (bicyclic) bond motifs is 1. The molecule has 0 spiro atoms. The molecule has 0 atom stereocenters. The molecular weight excluding hydrogens is 282 g/mol. The van der Waals surface area contributed by atoms with Crippen molar-refractivity contribution in [2.75, 3.05) is 11.4 Å². The lowest BCUT2D eigenvalue weighted by atomic mass is 10.1. The van der Waals surface area contributed by atoms with Crippen LogP contribution in [0, 0.1) is 0 Å². The summed E-state index contributed by atoms with van der Waals surface area (Å²) in [6.45, 7) is 0.346. The first kappa shape index (κ1) is 14.5. The minimum atomic E-state index is -0.573. The van der Waals surface area contributed by atoms with E-state index in [4.69, 9.17) is 17.4 Å². The van der Waals surface area contributed by atoms with Crippen LogP contribution in [0.5, 0.6) is 0 Å². The minimum Gasteiger partial charge on any atom is -0.303 e. The number of hydrogen-bond donors (Lipinski definition) is 2. The van der Waals surface area contributed by atoms with E-state index in [2.05, 4.69) is 0 Å². The summed E-state index contributed by atoms with van der Waals surface area (Å²) in [5, 5.41) is 0.376. The van der Waals surface area contributed by atoms with Crippen LogP contribution in [-0.4, -0.2) is 24.1 Å². The fourth-order valence-corrected chi connectivity index (χ4v) is 2.43. The van der Waals surface area contributed by atoms with Gasteiger partial charge in [-0.1, -0.05) is 17.7 Å². The van der Waals surface area contributed by atoms with Crippen molar-refractivity contribution in [3.63, 3.8) is 0 Å². The Balaban J connectivity index is 2.05. The molecule has 7 heteroatoms. The number of halogens is 1. The normalized spacial score (nSPS) is 13.6. The summed E-state index contributed by atoms with van der Waals surface area (Å²) >= 11 is 6.05. The van der Waals surface area contributed by atoms with Gasteiger partial charge in [-0.15, -0.1) is 0 Å². The number of unbranched alkanes of at least 4 members (excludes halogenated alkanes) is 1. The molecule has 20 heavy (non-hydrogen) atoms. The number of para-hydroxylation sites is 1. The maximum atomic E-state index is 11.9. The van der Waals surface area contributed by atoms with Crippen LogP contribution in [0.15, 0.2) is 18.2 Å². The van der Waals surface area contributed by atoms with Gasteiger partial charge in [-0.3, -0.25) is 19.8 Å². The van der Waals surface area contributed by atoms with E-state index < -0.39 is 11.7 Å². The Morgan fingerprint density at radius 3 is 2.75 bits per heavy atom. The molecule has 0 saturated heterocycles. The summed E-state index contributed by atoms with van der Waals surface area (Å²) in [5.74, 6) is 3.60. The molecule has 6 nitrogen and oxygen atoms in total. The van der Waals surface area contributed by atoms with Crippen molar-refractivity contribution in [2.45, 2.75) is 19.3 Å². The van der Waals surface area contributed by atoms with Gasteiger partial charge in [0, 0.05) is 13.0 Å². The van der Waals surface area contributed by atoms with Crippen LogP contribution in [0.4, 0.5) is 5.69 Å². The van der Waals surface area contributed by atoms with Crippen LogP contribution in [0.3, 0.4) is 0 Å². The SMILES string of the molecule is NNC(=O)CCCCN1C(=O)C(=O)c2cccc(Cl)c21. The van der Waals surface area contributed by atoms with Crippen molar-refractivity contribution >= 4 is 34.9 Å². The van der Waals surface area contributed by atoms with Crippen molar-refractivity contribution in [1.29, 1.82) is 0 Å². The van der Waals surface area contributed by atoms with Crippen LogP contribution in [-0.2, 0) is 9.59 Å². The third-order valence-electron chi connectivity index (χ3n) is 3.14. The van der Waals surface area contributed by atoms with Crippen molar-refractivity contribution in [3.05, 3.63) is 28.8 Å². The Bertz CT molecular complexity index is 574. The predicted molar refractivity (Wildman–Crippen MR) is 74.3 cm³/mol. The fraction of sp³-hybridized carbons (Fsp3) is 0.308. The number of anilines is 1. The molecule has 1 heterocycles. The van der Waals surface area contributed by atoms with E-state index in [1.54, 1.807) is 18.2 Å². The molecular formula is C13H14ClN3O3. The van der Waals surface area contributed by atoms with Gasteiger partial charge in [-0.2, -0.15) is 0 Å². The number of Topliss-reactive ketones (excluding diaryl/α,β-unsaturated/α-hetero) is 1. The van der Waals surface area contributed by atoms with E-state index in [-0.39, 0.29) is 12.3 Å². The van der Waals surface area contributed by atoms with Crippen LogP contribution in [0.2, 0.25) is 5.02 Å². The summed E-state index contributed by atoms with van der Waals surface area (Å²) in [6.07, 6.45) is 1.43. The quantitative estimate of drug-likeness (QED) is 0.279. The molecule has 2 amide bonds. The van der Waals surface area contributed by atoms with Gasteiger partial charge >= 0.3 is 0 Å². The Hall–Kier alpha value is -1.92. The number of benzene rings is 1. The average Bonchev–Trinajstić information content (AvgIpc) is 2.69. The molecule has 0 fully saturated rings. The van der Waals surface area contributed by atoms with E-state index in [0.717, 1.165) is 0 Å². The molecule has 0 unspecified atom stereocenters. The summed E-state index contributed by atoms with van der Waals surface area (Å²) in [4.78, 5) is 36.1. The number of nitrogens with zero attached hydrogens (tertiary/aromatic N) is 1. The number of nitrogens with one attached hydrogen (secondary N) is 1. The highest BCUT2D eigenvalue weighted by atomic mass is 35.5. The summed E-state index contributed by atoms with van der Waals surface area (Å²) in [5.41, 5.74) is 2.84. The maximum Gasteiger partial charge on any atom is 0.299 e. The smallest absolute Gasteiger partial charge is 0.299 e. The fourth-order valence-electron chi connectivity index (χ4n) is 2.15. The highest BCUT2D eigenvalue weighted by molar-refractivity contribution is 6.54. The summed E-state index contributed by atoms with van der Waals surface area (Å²) in [7, 11) is 0. The van der Waals surface area contributed by atoms with Crippen LogP contribution in [0.1, 0.15) is 29.6 Å². The minimum absolute atomic E-state index is 0.257. The van der Waals surface area contributed by atoms with Crippen molar-refractivity contribution < 1.29 is 14.4 Å². The molecule has 3 N–H and O–H groups in total. The van der Waals surface area contributed by atoms with E-state index in [1.807, 2.05) is 5.43 Å². The van der Waals surface area contributed by atoms with Gasteiger partial charge in [0.1, 0.15) is 0 Å². The second-order valence-corrected chi connectivity index (χ2v) is 4.85. The lowest BCUT2D eigenvalue weighted by Crippen LogP contribution is -2.32. The third-order valence-corrected chi connectivity index (χ3v) is 3.44. The highest BCUT2D eigenvalue weighted by Gasteiger charge is 2.36. The zero-order chi connectivity index (χ0) is 14.7. The van der Waals surface area contributed by atoms with Gasteiger partial charge in [0.2, 0.25) is 5.91 Å². The van der Waals surface area contributed by atoms with Gasteiger partial charge in [-0.25, -0.2) is 5.84 Å². The molecule has 1 aromatic carbocycles. The molecule has 0 saturated carbocycles. The number of hydrazine groups is 1. The first-order valence-corrected chi connectivity index (χ1v) is 6.58. The lowest BCUT2D eigenvalue weighted by Gasteiger charge is -2.17. The molecule has 0 bridgehead atoms. The Labute approximate surface area is 120 Å². The second-order valence-electron chi connectivity index (χ2n) is 4.45. The van der Waals surface area contributed by atoms with Gasteiger partial charge in [-0.05, 0) is 25.0 Å². The first-order chi connectivity index (χ1) is 9.56. The number of hydrogen-bond acceptors (Lipinski definition) is 4. The van der Waals surface area contributed by atoms with E-state index in [1.165, 1.54) is 4.90 Å². The van der Waals surface area contributed by atoms with Crippen molar-refractivity contribution in [3.8, 4) is 0 Å². The van der Waals surface area contributed by atoms with Crippen LogP contribution < -0.4 is 16.2 Å². The third kappa shape index (κ3) is 2.66. The van der Waals surface area contributed by atoms with Gasteiger partial charge in [0.05, 0.1) is 16.3 Å². The number of carbonyl (C=O) groups excluding carboxylic acids is 3. The van der Waals surface area contributed by atoms with E-state index >= 15 is 0 Å². The first-order valence-electron chi connectivity index (χ1n) is 6.20. The van der Waals surface area contributed by atoms with Gasteiger partial charge in [0.25, 0.3) is 11.7 Å². The number of amides is 2. The number of rotatable bonds is 5. The number of nitrogens with two attached hydrogens (primary N) is 1. The summed E-state index contributed by atoms with van der Waals surface area (Å²) in [6, 6.07) is 4.87. The molecule has 0 aromatic heterocycles. The summed E-state index contributed by atoms with van der Waals surface area (Å²) < 4.78 is 0. The topological polar surface area (TPSA) is 92.5 Å². The van der Waals surface area contributed by atoms with E-state index in [9.17, 15) is 14.4 Å². The average molecular weight is 296 g/mol. The Kier molecular flexibility index (Phi) is 4.36. The second kappa shape index (κ2) is 6.02. The highest BCUT2D eigenvalue weighted by Crippen LogP contribution is 2.35. The lowest BCUT2D eigenvalue weighted by molar-refractivity contribution is -0.121. The maximum absolute atomic E-state index is 11.9. The number of ketones is 1. The molecule has 106 valence electrons. The molecule has 2 rings (SSSR count). The van der Waals surface area contributed by atoms with Crippen molar-refractivity contribution in [1.82, 2.24) is 5.43 Å². The molecule has 1 aliphatic heterocycles. The largest absolute Gasteiger partial charge is 0.303 e. The van der Waals surface area contributed by atoms with Crippen LogP contribution in [0.25, 0.3) is 0 Å². The van der Waals surface area contributed by atoms with E-state index in [0.29, 0.717) is 35.7 Å². The molecule has 0 aliphatic carbocycles. The molecule has 1 aromatic rings. The zero-order valence-electron chi connectivity index (χ0n) is 10.7.